The van der Waals surface area contributed by atoms with Gasteiger partial charge < -0.3 is 15.5 Å². The maximum Gasteiger partial charge on any atom is 0.314 e. The Hall–Kier alpha value is -0.770. The number of amides is 2. The number of carbonyl (C=O) groups is 1. The molecule has 4 nitrogen and oxygen atoms in total. The molecule has 14 heavy (non-hydrogen) atoms. The van der Waals surface area contributed by atoms with Crippen molar-refractivity contribution in [3.05, 3.63) is 0 Å². The number of fused-ring (bicyclic) bond motifs is 1. The molecular formula is C10H19N3O. The molecule has 2 rings (SSSR count). The van der Waals surface area contributed by atoms with Crippen molar-refractivity contribution in [2.75, 3.05) is 26.2 Å². The Morgan fingerprint density at radius 1 is 1.21 bits per heavy atom. The molecule has 0 bridgehead atoms. The molecule has 0 saturated carbocycles. The van der Waals surface area contributed by atoms with E-state index < -0.39 is 0 Å². The minimum absolute atomic E-state index is 0.254. The molecular weight excluding hydrogens is 178 g/mol. The quantitative estimate of drug-likeness (QED) is 0.659. The van der Waals surface area contributed by atoms with Crippen molar-refractivity contribution in [3.63, 3.8) is 0 Å². The predicted octanol–water partition coefficient (Wildman–Crippen LogP) is 0.337. The van der Waals surface area contributed by atoms with Crippen LogP contribution in [0.5, 0.6) is 0 Å². The standard InChI is InChI=1S/C10H19N3O/c1-7(2)12-3-8-5-13(10(11)14)6-9(8)4-12/h7-9H,3-6H2,1-2H3,(H2,11,14). The van der Waals surface area contributed by atoms with Crippen LogP contribution in [0.1, 0.15) is 13.8 Å². The molecule has 2 amide bonds. The van der Waals surface area contributed by atoms with Crippen LogP contribution in [0.15, 0.2) is 0 Å². The Morgan fingerprint density at radius 3 is 2.07 bits per heavy atom. The fourth-order valence-corrected chi connectivity index (χ4v) is 2.63. The van der Waals surface area contributed by atoms with Crippen molar-refractivity contribution < 1.29 is 4.79 Å². The van der Waals surface area contributed by atoms with Crippen LogP contribution in [0.2, 0.25) is 0 Å². The summed E-state index contributed by atoms with van der Waals surface area (Å²) in [4.78, 5) is 15.3. The third kappa shape index (κ3) is 1.59. The average molecular weight is 197 g/mol. The van der Waals surface area contributed by atoms with Gasteiger partial charge in [-0.3, -0.25) is 0 Å². The normalized spacial score (nSPS) is 32.6. The summed E-state index contributed by atoms with van der Waals surface area (Å²) in [5.74, 6) is 1.31. The molecule has 0 aromatic heterocycles. The Kier molecular flexibility index (Phi) is 2.39. The second-order valence-electron chi connectivity index (χ2n) is 4.81. The van der Waals surface area contributed by atoms with Crippen molar-refractivity contribution in [3.8, 4) is 0 Å². The molecule has 2 heterocycles. The number of rotatable bonds is 1. The fourth-order valence-electron chi connectivity index (χ4n) is 2.63. The van der Waals surface area contributed by atoms with Gasteiger partial charge in [0, 0.05) is 32.2 Å². The Labute approximate surface area is 85.0 Å². The first-order valence-corrected chi connectivity index (χ1v) is 5.36. The molecule has 0 spiro atoms. The van der Waals surface area contributed by atoms with Gasteiger partial charge in [-0.05, 0) is 25.7 Å². The monoisotopic (exact) mass is 197 g/mol. The highest BCUT2D eigenvalue weighted by atomic mass is 16.2. The third-order valence-electron chi connectivity index (χ3n) is 3.56. The van der Waals surface area contributed by atoms with Crippen LogP contribution >= 0.6 is 0 Å². The third-order valence-corrected chi connectivity index (χ3v) is 3.56. The van der Waals surface area contributed by atoms with Gasteiger partial charge in [0.05, 0.1) is 0 Å². The van der Waals surface area contributed by atoms with Gasteiger partial charge in [0.15, 0.2) is 0 Å². The molecule has 2 aliphatic heterocycles. The summed E-state index contributed by atoms with van der Waals surface area (Å²) in [6, 6.07) is 0.373. The lowest BCUT2D eigenvalue weighted by atomic mass is 10.0. The SMILES string of the molecule is CC(C)N1CC2CN(C(N)=O)CC2C1. The lowest BCUT2D eigenvalue weighted by Crippen LogP contribution is -2.38. The first-order valence-electron chi connectivity index (χ1n) is 5.36. The molecule has 2 N–H and O–H groups in total. The van der Waals surface area contributed by atoms with E-state index in [1.807, 2.05) is 0 Å². The van der Waals surface area contributed by atoms with Crippen molar-refractivity contribution in [2.45, 2.75) is 19.9 Å². The van der Waals surface area contributed by atoms with Crippen molar-refractivity contribution >= 4 is 6.03 Å². The Balaban J connectivity index is 1.93. The maximum atomic E-state index is 11.0. The van der Waals surface area contributed by atoms with Gasteiger partial charge in [0.25, 0.3) is 0 Å². The lowest BCUT2D eigenvalue weighted by Gasteiger charge is -2.23. The smallest absolute Gasteiger partial charge is 0.314 e. The highest BCUT2D eigenvalue weighted by Crippen LogP contribution is 2.31. The zero-order valence-electron chi connectivity index (χ0n) is 8.94. The summed E-state index contributed by atoms with van der Waals surface area (Å²) >= 11 is 0. The number of nitrogens with zero attached hydrogens (tertiary/aromatic N) is 2. The summed E-state index contributed by atoms with van der Waals surface area (Å²) in [5, 5.41) is 0. The summed E-state index contributed by atoms with van der Waals surface area (Å²) in [6.45, 7) is 8.45. The topological polar surface area (TPSA) is 49.6 Å². The molecule has 2 aliphatic rings. The van der Waals surface area contributed by atoms with E-state index in [9.17, 15) is 4.79 Å². The number of hydrogen-bond acceptors (Lipinski definition) is 2. The average Bonchev–Trinajstić information content (AvgIpc) is 2.57. The number of nitrogens with two attached hydrogens (primary N) is 1. The highest BCUT2D eigenvalue weighted by molar-refractivity contribution is 5.72. The minimum atomic E-state index is -0.254. The molecule has 80 valence electrons. The minimum Gasteiger partial charge on any atom is -0.351 e. The molecule has 0 aliphatic carbocycles. The maximum absolute atomic E-state index is 11.0. The Bertz CT molecular complexity index is 228. The summed E-state index contributed by atoms with van der Waals surface area (Å²) < 4.78 is 0. The van der Waals surface area contributed by atoms with Gasteiger partial charge in [-0.25, -0.2) is 4.79 Å². The predicted molar refractivity (Wildman–Crippen MR) is 54.8 cm³/mol. The van der Waals surface area contributed by atoms with E-state index in [-0.39, 0.29) is 6.03 Å². The van der Waals surface area contributed by atoms with Gasteiger partial charge in [-0.1, -0.05) is 0 Å². The Morgan fingerprint density at radius 2 is 1.71 bits per heavy atom. The van der Waals surface area contributed by atoms with Crippen LogP contribution in [0, 0.1) is 11.8 Å². The van der Waals surface area contributed by atoms with E-state index in [0.29, 0.717) is 17.9 Å². The fraction of sp³-hybridized carbons (Fsp3) is 0.900. The van der Waals surface area contributed by atoms with E-state index in [0.717, 1.165) is 26.2 Å². The second-order valence-corrected chi connectivity index (χ2v) is 4.81. The number of hydrogen-bond donors (Lipinski definition) is 1. The zero-order chi connectivity index (χ0) is 10.3. The number of likely N-dealkylation sites (tertiary alicyclic amines) is 2. The molecule has 0 aromatic carbocycles. The van der Waals surface area contributed by atoms with Crippen LogP contribution in [-0.2, 0) is 0 Å². The van der Waals surface area contributed by atoms with Gasteiger partial charge >= 0.3 is 6.03 Å². The number of carbonyl (C=O) groups excluding carboxylic acids is 1. The van der Waals surface area contributed by atoms with Crippen molar-refractivity contribution in [1.29, 1.82) is 0 Å². The second kappa shape index (κ2) is 3.42. The van der Waals surface area contributed by atoms with E-state index in [2.05, 4.69) is 18.7 Å². The van der Waals surface area contributed by atoms with Crippen LogP contribution in [0.4, 0.5) is 4.79 Å². The largest absolute Gasteiger partial charge is 0.351 e. The van der Waals surface area contributed by atoms with E-state index in [4.69, 9.17) is 5.73 Å². The van der Waals surface area contributed by atoms with Crippen LogP contribution in [-0.4, -0.2) is 48.1 Å². The first kappa shape index (κ1) is 9.77. The van der Waals surface area contributed by atoms with E-state index in [1.54, 1.807) is 4.90 Å². The lowest BCUT2D eigenvalue weighted by molar-refractivity contribution is 0.202. The molecule has 2 saturated heterocycles. The first-order chi connectivity index (χ1) is 6.58. The van der Waals surface area contributed by atoms with Crippen molar-refractivity contribution in [1.82, 2.24) is 9.80 Å². The molecule has 2 fully saturated rings. The molecule has 0 aromatic rings. The zero-order valence-corrected chi connectivity index (χ0v) is 8.94. The summed E-state index contributed by atoms with van der Waals surface area (Å²) in [5.41, 5.74) is 5.27. The van der Waals surface area contributed by atoms with Gasteiger partial charge in [-0.2, -0.15) is 0 Å². The molecule has 2 atom stereocenters. The van der Waals surface area contributed by atoms with Gasteiger partial charge in [0.1, 0.15) is 0 Å². The molecule has 2 unspecified atom stereocenters. The highest BCUT2D eigenvalue weighted by Gasteiger charge is 2.41. The molecule has 4 heteroatoms. The number of urea groups is 1. The summed E-state index contributed by atoms with van der Waals surface area (Å²) in [6.07, 6.45) is 0. The van der Waals surface area contributed by atoms with Crippen LogP contribution in [0.25, 0.3) is 0 Å². The van der Waals surface area contributed by atoms with E-state index >= 15 is 0 Å². The molecule has 0 radical (unpaired) electrons. The van der Waals surface area contributed by atoms with Gasteiger partial charge in [-0.15, -0.1) is 0 Å². The van der Waals surface area contributed by atoms with Crippen molar-refractivity contribution in [2.24, 2.45) is 17.6 Å². The summed E-state index contributed by atoms with van der Waals surface area (Å²) in [7, 11) is 0. The van der Waals surface area contributed by atoms with Gasteiger partial charge in [0.2, 0.25) is 0 Å². The number of primary amides is 1. The van der Waals surface area contributed by atoms with Crippen LogP contribution < -0.4 is 5.73 Å². The van der Waals surface area contributed by atoms with Crippen LogP contribution in [0.3, 0.4) is 0 Å². The van der Waals surface area contributed by atoms with E-state index in [1.165, 1.54) is 0 Å².